The fraction of sp³-hybridized carbons (Fsp3) is 0.308. The molecule has 1 aliphatic rings. The molecule has 0 aromatic heterocycles. The molecule has 0 saturated carbocycles. The van der Waals surface area contributed by atoms with Crippen LogP contribution in [0, 0.1) is 18.3 Å². The molecule has 0 bridgehead atoms. The molecular formula is C13H14N2O2. The fourth-order valence-electron chi connectivity index (χ4n) is 1.76. The van der Waals surface area contributed by atoms with Gasteiger partial charge in [-0.1, -0.05) is 12.0 Å². The van der Waals surface area contributed by atoms with Gasteiger partial charge in [0.05, 0.1) is 19.1 Å². The number of hydrogen-bond donors (Lipinski definition) is 2. The number of terminal acetylenes is 1. The van der Waals surface area contributed by atoms with Crippen LogP contribution in [0.3, 0.4) is 0 Å². The van der Waals surface area contributed by atoms with Gasteiger partial charge in [-0.25, -0.2) is 0 Å². The van der Waals surface area contributed by atoms with E-state index in [9.17, 15) is 4.79 Å². The van der Waals surface area contributed by atoms with E-state index >= 15 is 0 Å². The van der Waals surface area contributed by atoms with E-state index < -0.39 is 0 Å². The monoisotopic (exact) mass is 230 g/mol. The Balaban J connectivity index is 2.05. The van der Waals surface area contributed by atoms with E-state index in [1.165, 1.54) is 0 Å². The summed E-state index contributed by atoms with van der Waals surface area (Å²) in [6.07, 6.45) is 5.29. The summed E-state index contributed by atoms with van der Waals surface area (Å²) in [4.78, 5) is 11.9. The van der Waals surface area contributed by atoms with Gasteiger partial charge in [0.2, 0.25) is 5.91 Å². The van der Waals surface area contributed by atoms with Crippen molar-refractivity contribution in [3.05, 3.63) is 29.8 Å². The average molecular weight is 230 g/mol. The van der Waals surface area contributed by atoms with Gasteiger partial charge in [0, 0.05) is 17.3 Å². The van der Waals surface area contributed by atoms with Gasteiger partial charge < -0.3 is 15.8 Å². The summed E-state index contributed by atoms with van der Waals surface area (Å²) in [6.45, 7) is 0.810. The van der Waals surface area contributed by atoms with Crippen LogP contribution in [0.25, 0.3) is 0 Å². The third-order valence-corrected chi connectivity index (χ3v) is 2.76. The summed E-state index contributed by atoms with van der Waals surface area (Å²) in [7, 11) is 0. The molecule has 3 N–H and O–H groups in total. The maximum Gasteiger partial charge on any atom is 0.231 e. The van der Waals surface area contributed by atoms with E-state index in [0.717, 1.165) is 5.56 Å². The average Bonchev–Trinajstić information content (AvgIpc) is 2.76. The van der Waals surface area contributed by atoms with E-state index in [-0.39, 0.29) is 17.9 Å². The number of ether oxygens (including phenoxy) is 1. The summed E-state index contributed by atoms with van der Waals surface area (Å²) in [5, 5.41) is 2.79. The third kappa shape index (κ3) is 2.64. The van der Waals surface area contributed by atoms with Gasteiger partial charge >= 0.3 is 0 Å². The van der Waals surface area contributed by atoms with Crippen LogP contribution < -0.4 is 11.1 Å². The van der Waals surface area contributed by atoms with Gasteiger partial charge in [-0.05, 0) is 18.2 Å². The molecule has 88 valence electrons. The first-order valence-electron chi connectivity index (χ1n) is 5.41. The van der Waals surface area contributed by atoms with Crippen molar-refractivity contribution < 1.29 is 9.53 Å². The van der Waals surface area contributed by atoms with E-state index in [1.54, 1.807) is 24.3 Å². The molecule has 17 heavy (non-hydrogen) atoms. The lowest BCUT2D eigenvalue weighted by atomic mass is 10.0. The van der Waals surface area contributed by atoms with Crippen molar-refractivity contribution >= 4 is 11.6 Å². The van der Waals surface area contributed by atoms with Gasteiger partial charge in [0.1, 0.15) is 0 Å². The van der Waals surface area contributed by atoms with Gasteiger partial charge in [0.25, 0.3) is 0 Å². The normalized spacial score (nSPS) is 23.1. The van der Waals surface area contributed by atoms with Crippen LogP contribution in [0.5, 0.6) is 0 Å². The molecule has 1 fully saturated rings. The molecule has 1 heterocycles. The topological polar surface area (TPSA) is 64.3 Å². The first-order valence-corrected chi connectivity index (χ1v) is 5.41. The number of anilines is 1. The van der Waals surface area contributed by atoms with Crippen LogP contribution in [0.1, 0.15) is 5.56 Å². The zero-order chi connectivity index (χ0) is 12.3. The maximum absolute atomic E-state index is 11.9. The van der Waals surface area contributed by atoms with Gasteiger partial charge in [-0.2, -0.15) is 0 Å². The molecule has 1 amide bonds. The van der Waals surface area contributed by atoms with Crippen molar-refractivity contribution in [3.63, 3.8) is 0 Å². The Hall–Kier alpha value is -1.83. The highest BCUT2D eigenvalue weighted by Gasteiger charge is 2.31. The highest BCUT2D eigenvalue weighted by Crippen LogP contribution is 2.16. The minimum absolute atomic E-state index is 0.121. The predicted octanol–water partition coefficient (Wildman–Crippen LogP) is 0.580. The van der Waals surface area contributed by atoms with Crippen molar-refractivity contribution in [2.45, 2.75) is 6.04 Å². The van der Waals surface area contributed by atoms with Gasteiger partial charge in [-0.15, -0.1) is 6.42 Å². The first-order chi connectivity index (χ1) is 8.20. The Morgan fingerprint density at radius 2 is 2.35 bits per heavy atom. The molecule has 2 rings (SSSR count). The SMILES string of the molecule is C#Cc1cccc(NC(=O)C2COCC2N)c1. The highest BCUT2D eigenvalue weighted by molar-refractivity contribution is 5.93. The third-order valence-electron chi connectivity index (χ3n) is 2.76. The summed E-state index contributed by atoms with van der Waals surface area (Å²) in [5.74, 6) is 2.11. The molecule has 1 aromatic rings. The van der Waals surface area contributed by atoms with Crippen LogP contribution in [-0.2, 0) is 9.53 Å². The zero-order valence-corrected chi connectivity index (χ0v) is 9.35. The zero-order valence-electron chi connectivity index (χ0n) is 9.35. The number of amides is 1. The van der Waals surface area contributed by atoms with Crippen molar-refractivity contribution in [1.82, 2.24) is 0 Å². The second-order valence-electron chi connectivity index (χ2n) is 4.02. The van der Waals surface area contributed by atoms with E-state index in [2.05, 4.69) is 11.2 Å². The fourth-order valence-corrected chi connectivity index (χ4v) is 1.76. The molecule has 2 unspecified atom stereocenters. The lowest BCUT2D eigenvalue weighted by Gasteiger charge is -2.13. The minimum atomic E-state index is -0.288. The van der Waals surface area contributed by atoms with Crippen molar-refractivity contribution in [1.29, 1.82) is 0 Å². The molecule has 0 radical (unpaired) electrons. The standard InChI is InChI=1S/C13H14N2O2/c1-2-9-4-3-5-10(6-9)15-13(16)11-7-17-8-12(11)14/h1,3-6,11-12H,7-8,14H2,(H,15,16). The van der Waals surface area contributed by atoms with Gasteiger partial charge in [-0.3, -0.25) is 4.79 Å². The number of nitrogens with one attached hydrogen (secondary N) is 1. The Kier molecular flexibility index (Phi) is 3.43. The smallest absolute Gasteiger partial charge is 0.231 e. The Bertz CT molecular complexity index is 465. The molecule has 0 spiro atoms. The number of hydrogen-bond acceptors (Lipinski definition) is 3. The van der Waals surface area contributed by atoms with Crippen LogP contribution in [0.2, 0.25) is 0 Å². The molecule has 4 nitrogen and oxygen atoms in total. The molecule has 1 aliphatic heterocycles. The van der Waals surface area contributed by atoms with E-state index in [0.29, 0.717) is 18.9 Å². The largest absolute Gasteiger partial charge is 0.379 e. The van der Waals surface area contributed by atoms with Gasteiger partial charge in [0.15, 0.2) is 0 Å². The maximum atomic E-state index is 11.9. The molecular weight excluding hydrogens is 216 g/mol. The summed E-state index contributed by atoms with van der Waals surface area (Å²) < 4.78 is 5.15. The second-order valence-corrected chi connectivity index (χ2v) is 4.02. The molecule has 1 aromatic carbocycles. The Morgan fingerprint density at radius 1 is 1.53 bits per heavy atom. The molecule has 2 atom stereocenters. The Morgan fingerprint density at radius 3 is 3.00 bits per heavy atom. The number of nitrogens with two attached hydrogens (primary N) is 1. The summed E-state index contributed by atoms with van der Waals surface area (Å²) in [6, 6.07) is 6.92. The van der Waals surface area contributed by atoms with Crippen molar-refractivity contribution in [2.24, 2.45) is 11.7 Å². The summed E-state index contributed by atoms with van der Waals surface area (Å²) >= 11 is 0. The van der Waals surface area contributed by atoms with E-state index in [1.807, 2.05) is 0 Å². The molecule has 4 heteroatoms. The van der Waals surface area contributed by atoms with Crippen LogP contribution in [0.4, 0.5) is 5.69 Å². The first kappa shape index (κ1) is 11.6. The van der Waals surface area contributed by atoms with Crippen LogP contribution >= 0.6 is 0 Å². The number of rotatable bonds is 2. The van der Waals surface area contributed by atoms with Crippen LogP contribution in [0.15, 0.2) is 24.3 Å². The Labute approximate surface area is 100 Å². The number of benzene rings is 1. The molecule has 1 saturated heterocycles. The van der Waals surface area contributed by atoms with Crippen LogP contribution in [-0.4, -0.2) is 25.2 Å². The van der Waals surface area contributed by atoms with Crippen molar-refractivity contribution in [2.75, 3.05) is 18.5 Å². The lowest BCUT2D eigenvalue weighted by molar-refractivity contribution is -0.120. The van der Waals surface area contributed by atoms with Crippen molar-refractivity contribution in [3.8, 4) is 12.3 Å². The highest BCUT2D eigenvalue weighted by atomic mass is 16.5. The predicted molar refractivity (Wildman–Crippen MR) is 65.3 cm³/mol. The second kappa shape index (κ2) is 5.00. The van der Waals surface area contributed by atoms with E-state index in [4.69, 9.17) is 16.9 Å². The quantitative estimate of drug-likeness (QED) is 0.730. The number of carbonyl (C=O) groups is 1. The number of carbonyl (C=O) groups excluding carboxylic acids is 1. The molecule has 0 aliphatic carbocycles. The minimum Gasteiger partial charge on any atom is -0.379 e. The summed E-state index contributed by atoms with van der Waals surface area (Å²) in [5.41, 5.74) is 7.19. The lowest BCUT2D eigenvalue weighted by Crippen LogP contribution is -2.37.